The summed E-state index contributed by atoms with van der Waals surface area (Å²) in [5.41, 5.74) is 0.594. The zero-order valence-corrected chi connectivity index (χ0v) is 8.46. The summed E-state index contributed by atoms with van der Waals surface area (Å²) in [5, 5.41) is 10.0. The molecule has 0 aliphatic carbocycles. The Labute approximate surface area is 83.0 Å². The molecule has 0 fully saturated rings. The summed E-state index contributed by atoms with van der Waals surface area (Å²) in [5.74, 6) is 0.692. The first-order valence-electron chi connectivity index (χ1n) is 3.66. The Balaban J connectivity index is 2.88. The van der Waals surface area contributed by atoms with Gasteiger partial charge in [0.05, 0.1) is 11.6 Å². The third kappa shape index (κ3) is 1.18. The lowest BCUT2D eigenvalue weighted by molar-refractivity contribution is 0.416. The molecule has 1 heterocycles. The highest BCUT2D eigenvalue weighted by Gasteiger charge is 2.12. The standard InChI is InChI=1S/C9H7BrO3/c1-12-7-3-2-5(10)9-8(7)6(11)4-13-9/h2-4,11H,1H3. The Bertz CT molecular complexity index is 447. The Morgan fingerprint density at radius 3 is 2.92 bits per heavy atom. The molecular weight excluding hydrogens is 236 g/mol. The molecule has 2 aromatic rings. The van der Waals surface area contributed by atoms with Gasteiger partial charge in [-0.1, -0.05) is 0 Å². The van der Waals surface area contributed by atoms with E-state index in [9.17, 15) is 5.11 Å². The van der Waals surface area contributed by atoms with E-state index in [0.717, 1.165) is 4.47 Å². The Morgan fingerprint density at radius 1 is 1.46 bits per heavy atom. The van der Waals surface area contributed by atoms with Crippen molar-refractivity contribution in [1.82, 2.24) is 0 Å². The Hall–Kier alpha value is -1.16. The van der Waals surface area contributed by atoms with Crippen LogP contribution in [0.3, 0.4) is 0 Å². The van der Waals surface area contributed by atoms with Crippen molar-refractivity contribution in [2.24, 2.45) is 0 Å². The minimum Gasteiger partial charge on any atom is -0.504 e. The molecule has 0 aliphatic heterocycles. The number of hydrogen-bond donors (Lipinski definition) is 1. The molecule has 2 rings (SSSR count). The molecule has 1 aromatic carbocycles. The molecule has 0 unspecified atom stereocenters. The Morgan fingerprint density at radius 2 is 2.23 bits per heavy atom. The quantitative estimate of drug-likeness (QED) is 0.837. The molecule has 0 radical (unpaired) electrons. The SMILES string of the molecule is COc1ccc(Br)c2occ(O)c12. The van der Waals surface area contributed by atoms with Gasteiger partial charge in [-0.2, -0.15) is 0 Å². The lowest BCUT2D eigenvalue weighted by atomic mass is 10.2. The van der Waals surface area contributed by atoms with Crippen LogP contribution >= 0.6 is 15.9 Å². The second kappa shape index (κ2) is 2.96. The number of halogens is 1. The normalized spacial score (nSPS) is 10.6. The van der Waals surface area contributed by atoms with E-state index in [2.05, 4.69) is 15.9 Å². The molecule has 0 spiro atoms. The topological polar surface area (TPSA) is 42.6 Å². The van der Waals surface area contributed by atoms with E-state index >= 15 is 0 Å². The van der Waals surface area contributed by atoms with Crippen molar-refractivity contribution < 1.29 is 14.3 Å². The predicted molar refractivity (Wildman–Crippen MR) is 52.1 cm³/mol. The minimum absolute atomic E-state index is 0.0909. The maximum absolute atomic E-state index is 9.45. The predicted octanol–water partition coefficient (Wildman–Crippen LogP) is 2.91. The molecular formula is C9H7BrO3. The van der Waals surface area contributed by atoms with E-state index in [1.54, 1.807) is 13.2 Å². The van der Waals surface area contributed by atoms with Crippen LogP contribution in [-0.2, 0) is 0 Å². The van der Waals surface area contributed by atoms with E-state index in [1.807, 2.05) is 6.07 Å². The fourth-order valence-corrected chi connectivity index (χ4v) is 1.66. The van der Waals surface area contributed by atoms with Gasteiger partial charge in [-0.25, -0.2) is 0 Å². The number of ether oxygens (including phenoxy) is 1. The third-order valence-corrected chi connectivity index (χ3v) is 2.46. The largest absolute Gasteiger partial charge is 0.504 e. The minimum atomic E-state index is 0.0909. The van der Waals surface area contributed by atoms with Crippen molar-refractivity contribution in [2.45, 2.75) is 0 Å². The van der Waals surface area contributed by atoms with Gasteiger partial charge in [-0.05, 0) is 28.1 Å². The molecule has 0 amide bonds. The Kier molecular flexibility index (Phi) is 1.92. The summed E-state index contributed by atoms with van der Waals surface area (Å²) >= 11 is 3.31. The van der Waals surface area contributed by atoms with Crippen molar-refractivity contribution >= 4 is 26.9 Å². The van der Waals surface area contributed by atoms with Crippen LogP contribution in [0.1, 0.15) is 0 Å². The van der Waals surface area contributed by atoms with Gasteiger partial charge < -0.3 is 14.3 Å². The van der Waals surface area contributed by atoms with E-state index < -0.39 is 0 Å². The summed E-state index contributed by atoms with van der Waals surface area (Å²) in [7, 11) is 1.55. The number of furan rings is 1. The molecule has 13 heavy (non-hydrogen) atoms. The number of hydrogen-bond acceptors (Lipinski definition) is 3. The van der Waals surface area contributed by atoms with E-state index in [1.165, 1.54) is 6.26 Å². The summed E-state index contributed by atoms with van der Waals surface area (Å²) < 4.78 is 11.0. The number of aromatic hydroxyl groups is 1. The molecule has 1 aromatic heterocycles. The molecule has 0 saturated carbocycles. The summed E-state index contributed by atoms with van der Waals surface area (Å²) in [4.78, 5) is 0. The molecule has 0 aliphatic rings. The van der Waals surface area contributed by atoms with Gasteiger partial charge in [0.25, 0.3) is 0 Å². The third-order valence-electron chi connectivity index (χ3n) is 1.84. The number of methoxy groups -OCH3 is 1. The first-order valence-corrected chi connectivity index (χ1v) is 4.46. The molecule has 4 heteroatoms. The zero-order valence-electron chi connectivity index (χ0n) is 6.87. The van der Waals surface area contributed by atoms with E-state index in [-0.39, 0.29) is 5.75 Å². The van der Waals surface area contributed by atoms with Gasteiger partial charge in [0.1, 0.15) is 17.4 Å². The van der Waals surface area contributed by atoms with Gasteiger partial charge in [0.15, 0.2) is 11.3 Å². The molecule has 68 valence electrons. The maximum atomic E-state index is 9.45. The number of rotatable bonds is 1. The van der Waals surface area contributed by atoms with Crippen molar-refractivity contribution in [3.63, 3.8) is 0 Å². The van der Waals surface area contributed by atoms with E-state index in [4.69, 9.17) is 9.15 Å². The molecule has 0 atom stereocenters. The highest BCUT2D eigenvalue weighted by atomic mass is 79.9. The number of benzene rings is 1. The van der Waals surface area contributed by atoms with Crippen LogP contribution < -0.4 is 4.74 Å². The van der Waals surface area contributed by atoms with Crippen molar-refractivity contribution in [3.05, 3.63) is 22.9 Å². The molecule has 0 bridgehead atoms. The maximum Gasteiger partial charge on any atom is 0.165 e. The highest BCUT2D eigenvalue weighted by molar-refractivity contribution is 9.10. The van der Waals surface area contributed by atoms with Crippen molar-refractivity contribution in [3.8, 4) is 11.5 Å². The summed E-state index contributed by atoms with van der Waals surface area (Å²) in [6.07, 6.45) is 1.29. The van der Waals surface area contributed by atoms with Gasteiger partial charge >= 0.3 is 0 Å². The summed E-state index contributed by atoms with van der Waals surface area (Å²) in [6, 6.07) is 3.58. The lowest BCUT2D eigenvalue weighted by Gasteiger charge is -2.01. The molecule has 1 N–H and O–H groups in total. The van der Waals surface area contributed by atoms with Gasteiger partial charge in [0.2, 0.25) is 0 Å². The van der Waals surface area contributed by atoms with Crippen LogP contribution in [0.4, 0.5) is 0 Å². The first-order chi connectivity index (χ1) is 6.24. The first kappa shape index (κ1) is 8.44. The second-order valence-electron chi connectivity index (χ2n) is 2.57. The zero-order chi connectivity index (χ0) is 9.42. The van der Waals surface area contributed by atoms with Crippen LogP contribution in [0.2, 0.25) is 0 Å². The smallest absolute Gasteiger partial charge is 0.165 e. The fraction of sp³-hybridized carbons (Fsp3) is 0.111. The van der Waals surface area contributed by atoms with Crippen LogP contribution in [0.15, 0.2) is 27.3 Å². The monoisotopic (exact) mass is 242 g/mol. The average molecular weight is 243 g/mol. The average Bonchev–Trinajstić information content (AvgIpc) is 2.51. The van der Waals surface area contributed by atoms with Crippen LogP contribution in [0.25, 0.3) is 11.0 Å². The van der Waals surface area contributed by atoms with Crippen molar-refractivity contribution in [2.75, 3.05) is 7.11 Å². The van der Waals surface area contributed by atoms with Gasteiger partial charge in [-0.3, -0.25) is 0 Å². The lowest BCUT2D eigenvalue weighted by Crippen LogP contribution is -1.82. The number of fused-ring (bicyclic) bond motifs is 1. The highest BCUT2D eigenvalue weighted by Crippen LogP contribution is 2.38. The molecule has 3 nitrogen and oxygen atoms in total. The fourth-order valence-electron chi connectivity index (χ4n) is 1.24. The summed E-state index contributed by atoms with van der Waals surface area (Å²) in [6.45, 7) is 0. The second-order valence-corrected chi connectivity index (χ2v) is 3.43. The van der Waals surface area contributed by atoms with Gasteiger partial charge in [-0.15, -0.1) is 0 Å². The van der Waals surface area contributed by atoms with Crippen LogP contribution in [0.5, 0.6) is 11.5 Å². The van der Waals surface area contributed by atoms with Gasteiger partial charge in [0, 0.05) is 0 Å². The van der Waals surface area contributed by atoms with Crippen LogP contribution in [0, 0.1) is 0 Å². The molecule has 0 saturated heterocycles. The van der Waals surface area contributed by atoms with Crippen LogP contribution in [-0.4, -0.2) is 12.2 Å². The van der Waals surface area contributed by atoms with E-state index in [0.29, 0.717) is 16.7 Å². The van der Waals surface area contributed by atoms with Crippen molar-refractivity contribution in [1.29, 1.82) is 0 Å².